The molecule has 2 fully saturated rings. The molecule has 0 N–H and O–H groups in total. The standard InChI is InChI=1S/C27H34ClF2N3O4Si/c1-27(2,3)38(5,6)37-22-14-35-23-21(13-34-24(22)23)36-26-32-20-12-16(28)19(31-25(20)33(26)4)11-10-15-17(29)8-7-9-18(15)30/h7-9,12,21-24H,10-11,13-14H2,1-6H3/t21-,22-,23-,24-/m1/s1. The summed E-state index contributed by atoms with van der Waals surface area (Å²) in [7, 11) is -0.179. The van der Waals surface area contributed by atoms with Gasteiger partial charge in [0, 0.05) is 12.6 Å². The van der Waals surface area contributed by atoms with Crippen LogP contribution in [0.1, 0.15) is 32.0 Å². The van der Waals surface area contributed by atoms with Gasteiger partial charge >= 0.3 is 0 Å². The minimum Gasteiger partial charge on any atom is -0.456 e. The molecule has 38 heavy (non-hydrogen) atoms. The van der Waals surface area contributed by atoms with Crippen LogP contribution in [0.3, 0.4) is 0 Å². The number of ether oxygens (including phenoxy) is 3. The first-order chi connectivity index (χ1) is 17.9. The Bertz CT molecular complexity index is 1330. The van der Waals surface area contributed by atoms with Crippen LogP contribution in [-0.2, 0) is 33.8 Å². The third kappa shape index (κ3) is 5.09. The first-order valence-corrected chi connectivity index (χ1v) is 16.2. The van der Waals surface area contributed by atoms with Crippen LogP contribution in [-0.4, -0.2) is 60.5 Å². The van der Waals surface area contributed by atoms with Gasteiger partial charge in [-0.3, -0.25) is 4.57 Å². The fourth-order valence-corrected chi connectivity index (χ4v) is 6.27. The molecule has 2 aromatic heterocycles. The molecule has 1 aromatic carbocycles. The van der Waals surface area contributed by atoms with Crippen LogP contribution in [0.25, 0.3) is 11.2 Å². The molecule has 2 aliphatic heterocycles. The Labute approximate surface area is 227 Å². The molecule has 4 heterocycles. The molecule has 0 amide bonds. The molecular weight excluding hydrogens is 532 g/mol. The Morgan fingerprint density at radius 1 is 1.05 bits per heavy atom. The summed E-state index contributed by atoms with van der Waals surface area (Å²) < 4.78 is 54.9. The maximum Gasteiger partial charge on any atom is 0.298 e. The predicted octanol–water partition coefficient (Wildman–Crippen LogP) is 5.62. The van der Waals surface area contributed by atoms with Crippen molar-refractivity contribution in [2.45, 2.75) is 76.2 Å². The molecule has 5 rings (SSSR count). The van der Waals surface area contributed by atoms with Crippen LogP contribution in [0.15, 0.2) is 24.3 Å². The Morgan fingerprint density at radius 2 is 1.68 bits per heavy atom. The number of halogens is 3. The first kappa shape index (κ1) is 27.5. The van der Waals surface area contributed by atoms with Gasteiger partial charge < -0.3 is 18.6 Å². The lowest BCUT2D eigenvalue weighted by Crippen LogP contribution is -2.47. The van der Waals surface area contributed by atoms with Gasteiger partial charge in [0.25, 0.3) is 6.01 Å². The van der Waals surface area contributed by atoms with E-state index in [9.17, 15) is 8.78 Å². The van der Waals surface area contributed by atoms with Gasteiger partial charge in [-0.1, -0.05) is 38.4 Å². The summed E-state index contributed by atoms with van der Waals surface area (Å²) in [5.41, 5.74) is 1.68. The van der Waals surface area contributed by atoms with Crippen LogP contribution >= 0.6 is 11.6 Å². The Hall–Kier alpha value is -2.11. The molecule has 0 saturated carbocycles. The first-order valence-electron chi connectivity index (χ1n) is 12.9. The lowest BCUT2D eigenvalue weighted by atomic mass is 10.1. The van der Waals surface area contributed by atoms with Gasteiger partial charge in [0.2, 0.25) is 0 Å². The molecule has 7 nitrogen and oxygen atoms in total. The van der Waals surface area contributed by atoms with E-state index in [1.165, 1.54) is 18.2 Å². The Morgan fingerprint density at radius 3 is 2.34 bits per heavy atom. The second-order valence-electron chi connectivity index (χ2n) is 11.6. The molecule has 2 saturated heterocycles. The van der Waals surface area contributed by atoms with E-state index in [0.717, 1.165) is 0 Å². The van der Waals surface area contributed by atoms with Crippen molar-refractivity contribution in [3.05, 3.63) is 52.2 Å². The quantitative estimate of drug-likeness (QED) is 0.346. The molecule has 3 aromatic rings. The van der Waals surface area contributed by atoms with E-state index in [1.807, 2.05) is 0 Å². The molecule has 0 radical (unpaired) electrons. The van der Waals surface area contributed by atoms with Crippen molar-refractivity contribution < 1.29 is 27.4 Å². The number of benzene rings is 1. The average molecular weight is 566 g/mol. The van der Waals surface area contributed by atoms with Crippen LogP contribution in [0, 0.1) is 11.6 Å². The molecular formula is C27H34ClF2N3O4Si. The molecule has 0 unspecified atom stereocenters. The monoisotopic (exact) mass is 565 g/mol. The smallest absolute Gasteiger partial charge is 0.298 e. The van der Waals surface area contributed by atoms with Crippen molar-refractivity contribution in [2.24, 2.45) is 7.05 Å². The second kappa shape index (κ2) is 10.1. The van der Waals surface area contributed by atoms with Gasteiger partial charge in [-0.15, -0.1) is 0 Å². The van der Waals surface area contributed by atoms with E-state index in [0.29, 0.717) is 41.1 Å². The van der Waals surface area contributed by atoms with Crippen molar-refractivity contribution >= 4 is 31.1 Å². The van der Waals surface area contributed by atoms with Gasteiger partial charge in [-0.2, -0.15) is 4.98 Å². The molecule has 4 atom stereocenters. The topological polar surface area (TPSA) is 67.6 Å². The summed E-state index contributed by atoms with van der Waals surface area (Å²) in [6, 6.07) is 5.90. The van der Waals surface area contributed by atoms with Crippen LogP contribution in [0.2, 0.25) is 23.2 Å². The molecule has 0 spiro atoms. The van der Waals surface area contributed by atoms with E-state index in [4.69, 9.17) is 30.2 Å². The van der Waals surface area contributed by atoms with E-state index in [1.54, 1.807) is 17.7 Å². The summed E-state index contributed by atoms with van der Waals surface area (Å²) in [5, 5.41) is 0.469. The highest BCUT2D eigenvalue weighted by Gasteiger charge is 2.52. The number of fused-ring (bicyclic) bond motifs is 2. The van der Waals surface area contributed by atoms with Crippen LogP contribution in [0.5, 0.6) is 6.01 Å². The van der Waals surface area contributed by atoms with Crippen molar-refractivity contribution in [3.8, 4) is 6.01 Å². The normalized spacial score (nSPS) is 23.8. The van der Waals surface area contributed by atoms with E-state index in [-0.39, 0.29) is 47.9 Å². The van der Waals surface area contributed by atoms with E-state index in [2.05, 4.69) is 43.8 Å². The molecule has 0 bridgehead atoms. The lowest BCUT2D eigenvalue weighted by Gasteiger charge is -2.39. The third-order valence-electron chi connectivity index (χ3n) is 7.97. The van der Waals surface area contributed by atoms with E-state index < -0.39 is 20.0 Å². The summed E-state index contributed by atoms with van der Waals surface area (Å²) in [4.78, 5) is 9.24. The zero-order valence-electron chi connectivity index (χ0n) is 22.6. The fraction of sp³-hybridized carbons (Fsp3) is 0.556. The largest absolute Gasteiger partial charge is 0.456 e. The third-order valence-corrected chi connectivity index (χ3v) is 12.8. The molecule has 0 aliphatic carbocycles. The molecule has 11 heteroatoms. The summed E-state index contributed by atoms with van der Waals surface area (Å²) >= 11 is 6.46. The summed E-state index contributed by atoms with van der Waals surface area (Å²) in [6.07, 6.45) is -0.512. The van der Waals surface area contributed by atoms with Crippen molar-refractivity contribution in [2.75, 3.05) is 13.2 Å². The molecule has 2 aliphatic rings. The number of aromatic nitrogens is 3. The molecule has 206 valence electrons. The minimum absolute atomic E-state index is 0.0164. The minimum atomic E-state index is -1.98. The second-order valence-corrected chi connectivity index (χ2v) is 16.7. The zero-order valence-corrected chi connectivity index (χ0v) is 24.3. The Kier molecular flexibility index (Phi) is 7.32. The van der Waals surface area contributed by atoms with E-state index >= 15 is 0 Å². The van der Waals surface area contributed by atoms with Crippen molar-refractivity contribution in [3.63, 3.8) is 0 Å². The van der Waals surface area contributed by atoms with Gasteiger partial charge in [0.05, 0.1) is 30.0 Å². The fourth-order valence-electron chi connectivity index (χ4n) is 4.72. The predicted molar refractivity (Wildman–Crippen MR) is 143 cm³/mol. The van der Waals surface area contributed by atoms with Crippen LogP contribution < -0.4 is 4.74 Å². The average Bonchev–Trinajstić information content (AvgIpc) is 3.49. The maximum absolute atomic E-state index is 14.1. The lowest BCUT2D eigenvalue weighted by molar-refractivity contribution is 0.0106. The number of rotatable bonds is 7. The van der Waals surface area contributed by atoms with Crippen molar-refractivity contribution in [1.29, 1.82) is 0 Å². The highest BCUT2D eigenvalue weighted by Crippen LogP contribution is 2.40. The number of aryl methyl sites for hydroxylation is 2. The number of imidazole rings is 1. The highest BCUT2D eigenvalue weighted by molar-refractivity contribution is 6.74. The number of hydrogen-bond acceptors (Lipinski definition) is 6. The van der Waals surface area contributed by atoms with Gasteiger partial charge in [-0.25, -0.2) is 13.8 Å². The van der Waals surface area contributed by atoms with Crippen LogP contribution in [0.4, 0.5) is 8.78 Å². The Balaban J connectivity index is 1.30. The summed E-state index contributed by atoms with van der Waals surface area (Å²) in [5.74, 6) is -1.16. The van der Waals surface area contributed by atoms with Gasteiger partial charge in [0.15, 0.2) is 20.1 Å². The zero-order chi connectivity index (χ0) is 27.4. The highest BCUT2D eigenvalue weighted by atomic mass is 35.5. The number of hydrogen-bond donors (Lipinski definition) is 0. The maximum atomic E-state index is 14.1. The van der Waals surface area contributed by atoms with Gasteiger partial charge in [0.1, 0.15) is 29.4 Å². The van der Waals surface area contributed by atoms with Gasteiger partial charge in [-0.05, 0) is 49.2 Å². The number of pyridine rings is 1. The van der Waals surface area contributed by atoms with Crippen molar-refractivity contribution in [1.82, 2.24) is 14.5 Å². The SMILES string of the molecule is Cn1c(O[C@@H]2CO[C@H]3[C@@H]2OC[C@H]3O[Si](C)(C)C(C)(C)C)nc2cc(Cl)c(CCc3c(F)cccc3F)nc21. The summed E-state index contributed by atoms with van der Waals surface area (Å²) in [6.45, 7) is 11.9. The number of nitrogens with zero attached hydrogens (tertiary/aromatic N) is 3.